The van der Waals surface area contributed by atoms with Crippen LogP contribution in [0.2, 0.25) is 0 Å². The maximum atomic E-state index is 11.7. The van der Waals surface area contributed by atoms with Crippen LogP contribution in [0.25, 0.3) is 22.4 Å². The summed E-state index contributed by atoms with van der Waals surface area (Å²) >= 11 is 0. The summed E-state index contributed by atoms with van der Waals surface area (Å²) in [6.45, 7) is 0. The number of tetrazole rings is 1. The zero-order valence-electron chi connectivity index (χ0n) is 8.04. The zero-order valence-corrected chi connectivity index (χ0v) is 8.04. The fraction of sp³-hybridized carbons (Fsp3) is 0. The summed E-state index contributed by atoms with van der Waals surface area (Å²) in [5.74, 6) is 0.379. The molecule has 0 atom stereocenters. The average molecular weight is 214 g/mol. The van der Waals surface area contributed by atoms with Crippen molar-refractivity contribution in [1.82, 2.24) is 20.6 Å². The highest BCUT2D eigenvalue weighted by Crippen LogP contribution is 2.22. The molecule has 0 saturated heterocycles. The van der Waals surface area contributed by atoms with Crippen LogP contribution in [0.1, 0.15) is 0 Å². The molecular formula is C10H6N4O2. The van der Waals surface area contributed by atoms with Crippen LogP contribution in [0.3, 0.4) is 0 Å². The highest BCUT2D eigenvalue weighted by atomic mass is 16.3. The van der Waals surface area contributed by atoms with Gasteiger partial charge in [-0.1, -0.05) is 12.1 Å². The predicted octanol–water partition coefficient (Wildman–Crippen LogP) is 0.973. The molecule has 3 rings (SSSR count). The molecule has 6 heteroatoms. The van der Waals surface area contributed by atoms with Gasteiger partial charge in [0.1, 0.15) is 5.58 Å². The molecule has 3 aromatic rings. The fourth-order valence-corrected chi connectivity index (χ4v) is 1.60. The molecule has 6 nitrogen and oxygen atoms in total. The molecule has 1 aromatic carbocycles. The molecule has 0 aliphatic rings. The Morgan fingerprint density at radius 2 is 2.19 bits per heavy atom. The van der Waals surface area contributed by atoms with Gasteiger partial charge < -0.3 is 4.42 Å². The minimum Gasteiger partial charge on any atom is -0.464 e. The summed E-state index contributed by atoms with van der Waals surface area (Å²) in [6.07, 6.45) is 1.37. The molecule has 0 radical (unpaired) electrons. The van der Waals surface area contributed by atoms with Gasteiger partial charge in [0.15, 0.2) is 5.43 Å². The maximum absolute atomic E-state index is 11.7. The summed E-state index contributed by atoms with van der Waals surface area (Å²) in [7, 11) is 0. The number of fused-ring (bicyclic) bond motifs is 1. The average Bonchev–Trinajstić information content (AvgIpc) is 2.82. The third-order valence-corrected chi connectivity index (χ3v) is 2.27. The van der Waals surface area contributed by atoms with E-state index in [1.54, 1.807) is 18.2 Å². The van der Waals surface area contributed by atoms with Crippen LogP contribution in [-0.4, -0.2) is 20.6 Å². The Morgan fingerprint density at radius 3 is 3.00 bits per heavy atom. The van der Waals surface area contributed by atoms with Crippen LogP contribution >= 0.6 is 0 Å². The Morgan fingerprint density at radius 1 is 1.25 bits per heavy atom. The van der Waals surface area contributed by atoms with Crippen molar-refractivity contribution in [1.29, 1.82) is 0 Å². The van der Waals surface area contributed by atoms with Crippen molar-refractivity contribution in [3.05, 3.63) is 40.8 Å². The van der Waals surface area contributed by atoms with E-state index >= 15 is 0 Å². The molecule has 0 unspecified atom stereocenters. The van der Waals surface area contributed by atoms with Gasteiger partial charge in [-0.3, -0.25) is 4.79 Å². The number of nitrogens with one attached hydrogen (secondary N) is 1. The quantitative estimate of drug-likeness (QED) is 0.652. The van der Waals surface area contributed by atoms with E-state index in [1.165, 1.54) is 12.3 Å². The standard InChI is InChI=1S/C10H6N4O2/c15-7-4-5-16-8-3-1-2-6(9(7)8)10-11-13-14-12-10/h1-5H,(H,11,12,13,14). The van der Waals surface area contributed by atoms with Crippen LogP contribution in [0.15, 0.2) is 39.7 Å². The Kier molecular flexibility index (Phi) is 1.79. The van der Waals surface area contributed by atoms with E-state index < -0.39 is 0 Å². The van der Waals surface area contributed by atoms with Gasteiger partial charge in [0.05, 0.1) is 11.6 Å². The summed E-state index contributed by atoms with van der Waals surface area (Å²) in [6, 6.07) is 6.62. The van der Waals surface area contributed by atoms with Crippen molar-refractivity contribution < 1.29 is 4.42 Å². The lowest BCUT2D eigenvalue weighted by atomic mass is 10.1. The number of nitrogens with zero attached hydrogens (tertiary/aromatic N) is 3. The predicted molar refractivity (Wildman–Crippen MR) is 55.7 cm³/mol. The molecule has 0 saturated carbocycles. The monoisotopic (exact) mass is 214 g/mol. The molecule has 2 aromatic heterocycles. The van der Waals surface area contributed by atoms with Gasteiger partial charge in [0, 0.05) is 11.6 Å². The number of H-pyrrole nitrogens is 1. The molecule has 78 valence electrons. The van der Waals surface area contributed by atoms with Crippen LogP contribution in [0.5, 0.6) is 0 Å². The summed E-state index contributed by atoms with van der Waals surface area (Å²) in [5.41, 5.74) is 0.997. The zero-order chi connectivity index (χ0) is 11.0. The van der Waals surface area contributed by atoms with Crippen LogP contribution in [0.4, 0.5) is 0 Å². The van der Waals surface area contributed by atoms with E-state index in [1.807, 2.05) is 0 Å². The van der Waals surface area contributed by atoms with E-state index in [-0.39, 0.29) is 5.43 Å². The number of hydrogen-bond donors (Lipinski definition) is 1. The van der Waals surface area contributed by atoms with Crippen molar-refractivity contribution in [3.63, 3.8) is 0 Å². The lowest BCUT2D eigenvalue weighted by Crippen LogP contribution is -2.00. The third kappa shape index (κ3) is 1.20. The Balaban J connectivity index is 2.46. The van der Waals surface area contributed by atoms with E-state index in [0.717, 1.165) is 0 Å². The first-order valence-corrected chi connectivity index (χ1v) is 4.60. The van der Waals surface area contributed by atoms with E-state index in [2.05, 4.69) is 20.6 Å². The van der Waals surface area contributed by atoms with Gasteiger partial charge in [-0.25, -0.2) is 0 Å². The molecule has 0 fully saturated rings. The topological polar surface area (TPSA) is 84.7 Å². The van der Waals surface area contributed by atoms with Crippen molar-refractivity contribution in [2.75, 3.05) is 0 Å². The summed E-state index contributed by atoms with van der Waals surface area (Å²) in [4.78, 5) is 11.7. The lowest BCUT2D eigenvalue weighted by molar-refractivity contribution is 0.602. The third-order valence-electron chi connectivity index (χ3n) is 2.27. The molecule has 0 spiro atoms. The second-order valence-corrected chi connectivity index (χ2v) is 3.20. The van der Waals surface area contributed by atoms with Crippen LogP contribution in [-0.2, 0) is 0 Å². The fourth-order valence-electron chi connectivity index (χ4n) is 1.60. The molecular weight excluding hydrogens is 208 g/mol. The molecule has 16 heavy (non-hydrogen) atoms. The highest BCUT2D eigenvalue weighted by molar-refractivity contribution is 5.91. The SMILES string of the molecule is O=c1ccoc2cccc(-c3nn[nH]n3)c12. The lowest BCUT2D eigenvalue weighted by Gasteiger charge is -1.99. The van der Waals surface area contributed by atoms with Crippen molar-refractivity contribution in [2.24, 2.45) is 0 Å². The molecule has 2 heterocycles. The van der Waals surface area contributed by atoms with E-state index in [4.69, 9.17) is 4.42 Å². The van der Waals surface area contributed by atoms with Gasteiger partial charge in [-0.15, -0.1) is 10.2 Å². The number of aromatic nitrogens is 4. The number of benzene rings is 1. The first kappa shape index (κ1) is 8.78. The molecule has 0 aliphatic carbocycles. The second-order valence-electron chi connectivity index (χ2n) is 3.20. The van der Waals surface area contributed by atoms with E-state index in [9.17, 15) is 4.79 Å². The molecule has 0 aliphatic heterocycles. The molecule has 0 bridgehead atoms. The van der Waals surface area contributed by atoms with Crippen LogP contribution < -0.4 is 5.43 Å². The Hall–Kier alpha value is -2.50. The van der Waals surface area contributed by atoms with Gasteiger partial charge in [-0.05, 0) is 11.3 Å². The van der Waals surface area contributed by atoms with Gasteiger partial charge in [-0.2, -0.15) is 5.21 Å². The van der Waals surface area contributed by atoms with Gasteiger partial charge in [0.25, 0.3) is 0 Å². The highest BCUT2D eigenvalue weighted by Gasteiger charge is 2.11. The number of hydrogen-bond acceptors (Lipinski definition) is 5. The van der Waals surface area contributed by atoms with Gasteiger partial charge >= 0.3 is 0 Å². The molecule has 1 N–H and O–H groups in total. The van der Waals surface area contributed by atoms with Crippen molar-refractivity contribution >= 4 is 11.0 Å². The normalized spacial score (nSPS) is 10.8. The summed E-state index contributed by atoms with van der Waals surface area (Å²) < 4.78 is 5.25. The summed E-state index contributed by atoms with van der Waals surface area (Å²) in [5, 5.41) is 14.0. The number of rotatable bonds is 1. The first-order chi connectivity index (χ1) is 7.86. The second kappa shape index (κ2) is 3.27. The van der Waals surface area contributed by atoms with Crippen LogP contribution in [0, 0.1) is 0 Å². The van der Waals surface area contributed by atoms with Gasteiger partial charge in [0.2, 0.25) is 5.82 Å². The van der Waals surface area contributed by atoms with Crippen molar-refractivity contribution in [2.45, 2.75) is 0 Å². The largest absolute Gasteiger partial charge is 0.464 e. The number of aromatic amines is 1. The minimum atomic E-state index is -0.123. The van der Waals surface area contributed by atoms with Crippen molar-refractivity contribution in [3.8, 4) is 11.4 Å². The first-order valence-electron chi connectivity index (χ1n) is 4.60. The maximum Gasteiger partial charge on any atom is 0.205 e. The smallest absolute Gasteiger partial charge is 0.205 e. The minimum absolute atomic E-state index is 0.123. The molecule has 0 amide bonds. The van der Waals surface area contributed by atoms with E-state index in [0.29, 0.717) is 22.4 Å². The Bertz CT molecular complexity index is 682. The Labute approximate surface area is 88.9 Å².